The van der Waals surface area contributed by atoms with Crippen LogP contribution in [-0.2, 0) is 16.1 Å². The van der Waals surface area contributed by atoms with E-state index in [1.165, 1.54) is 5.56 Å². The number of anilines is 2. The summed E-state index contributed by atoms with van der Waals surface area (Å²) in [6, 6.07) is 15.4. The van der Waals surface area contributed by atoms with E-state index in [1.807, 2.05) is 55.5 Å². The predicted molar refractivity (Wildman–Crippen MR) is 99.3 cm³/mol. The second-order valence-electron chi connectivity index (χ2n) is 6.40. The van der Waals surface area contributed by atoms with Crippen molar-refractivity contribution in [3.05, 3.63) is 59.7 Å². The minimum Gasteiger partial charge on any atom is -0.376 e. The highest BCUT2D eigenvalue weighted by Crippen LogP contribution is 2.30. The third kappa shape index (κ3) is 5.08. The lowest BCUT2D eigenvalue weighted by molar-refractivity contribution is -0.119. The Balaban J connectivity index is 1.42. The van der Waals surface area contributed by atoms with Crippen molar-refractivity contribution in [1.29, 1.82) is 0 Å². The van der Waals surface area contributed by atoms with Crippen LogP contribution in [0.15, 0.2) is 48.5 Å². The predicted octanol–water partition coefficient (Wildman–Crippen LogP) is 3.07. The van der Waals surface area contributed by atoms with Gasteiger partial charge >= 0.3 is 0 Å². The Morgan fingerprint density at radius 1 is 1.00 bits per heavy atom. The summed E-state index contributed by atoms with van der Waals surface area (Å²) < 4.78 is 0. The molecular formula is C20H23N3O2. The maximum Gasteiger partial charge on any atom is 0.239 e. The van der Waals surface area contributed by atoms with Crippen molar-refractivity contribution in [2.75, 3.05) is 17.2 Å². The van der Waals surface area contributed by atoms with Gasteiger partial charge in [-0.05, 0) is 55.2 Å². The van der Waals surface area contributed by atoms with Crippen molar-refractivity contribution in [1.82, 2.24) is 5.32 Å². The standard InChI is InChI=1S/C20H23N3O2/c1-14-4-2-3-5-16(14)12-22-19(24)13-21-17-8-10-18(11-9-17)23-20(25)15-6-7-15/h2-5,8-11,15,21H,6-7,12-13H2,1H3,(H,22,24)(H,23,25). The summed E-state index contributed by atoms with van der Waals surface area (Å²) in [6.07, 6.45) is 1.98. The fourth-order valence-electron chi connectivity index (χ4n) is 2.51. The third-order valence-corrected chi connectivity index (χ3v) is 4.29. The van der Waals surface area contributed by atoms with Gasteiger partial charge in [-0.25, -0.2) is 0 Å². The van der Waals surface area contributed by atoms with Gasteiger partial charge in [0.05, 0.1) is 6.54 Å². The van der Waals surface area contributed by atoms with Crippen LogP contribution in [0.4, 0.5) is 11.4 Å². The lowest BCUT2D eigenvalue weighted by Crippen LogP contribution is -2.29. The van der Waals surface area contributed by atoms with Crippen molar-refractivity contribution >= 4 is 23.2 Å². The van der Waals surface area contributed by atoms with E-state index in [1.54, 1.807) is 0 Å². The van der Waals surface area contributed by atoms with E-state index < -0.39 is 0 Å². The van der Waals surface area contributed by atoms with Gasteiger partial charge in [0.25, 0.3) is 0 Å². The molecule has 2 amide bonds. The number of carbonyl (C=O) groups excluding carboxylic acids is 2. The lowest BCUT2D eigenvalue weighted by atomic mass is 10.1. The Labute approximate surface area is 147 Å². The molecule has 0 heterocycles. The molecule has 3 rings (SSSR count). The molecule has 1 aliphatic carbocycles. The lowest BCUT2D eigenvalue weighted by Gasteiger charge is -2.10. The summed E-state index contributed by atoms with van der Waals surface area (Å²) >= 11 is 0. The molecule has 25 heavy (non-hydrogen) atoms. The van der Waals surface area contributed by atoms with Crippen LogP contribution in [-0.4, -0.2) is 18.4 Å². The fraction of sp³-hybridized carbons (Fsp3) is 0.300. The smallest absolute Gasteiger partial charge is 0.239 e. The molecule has 2 aromatic carbocycles. The molecule has 0 saturated heterocycles. The van der Waals surface area contributed by atoms with Crippen LogP contribution in [0, 0.1) is 12.8 Å². The zero-order valence-corrected chi connectivity index (χ0v) is 14.3. The highest BCUT2D eigenvalue weighted by Gasteiger charge is 2.29. The van der Waals surface area contributed by atoms with E-state index in [-0.39, 0.29) is 24.3 Å². The van der Waals surface area contributed by atoms with E-state index in [9.17, 15) is 9.59 Å². The zero-order chi connectivity index (χ0) is 17.6. The zero-order valence-electron chi connectivity index (χ0n) is 14.3. The van der Waals surface area contributed by atoms with E-state index in [4.69, 9.17) is 0 Å². The highest BCUT2D eigenvalue weighted by molar-refractivity contribution is 5.94. The maximum absolute atomic E-state index is 12.0. The quantitative estimate of drug-likeness (QED) is 0.727. The van der Waals surface area contributed by atoms with Crippen LogP contribution in [0.5, 0.6) is 0 Å². The normalized spacial score (nSPS) is 13.2. The molecule has 0 bridgehead atoms. The Hall–Kier alpha value is -2.82. The van der Waals surface area contributed by atoms with Crippen LogP contribution in [0.1, 0.15) is 24.0 Å². The van der Waals surface area contributed by atoms with Gasteiger partial charge in [-0.15, -0.1) is 0 Å². The molecule has 0 aliphatic heterocycles. The van der Waals surface area contributed by atoms with Gasteiger partial charge in [0.15, 0.2) is 0 Å². The topological polar surface area (TPSA) is 70.2 Å². The summed E-state index contributed by atoms with van der Waals surface area (Å²) in [6.45, 7) is 2.77. The van der Waals surface area contributed by atoms with Gasteiger partial charge in [-0.2, -0.15) is 0 Å². The van der Waals surface area contributed by atoms with Crippen molar-refractivity contribution in [3.63, 3.8) is 0 Å². The molecule has 0 unspecified atom stereocenters. The first-order chi connectivity index (χ1) is 12.1. The largest absolute Gasteiger partial charge is 0.376 e. The number of hydrogen-bond acceptors (Lipinski definition) is 3. The average Bonchev–Trinajstić information content (AvgIpc) is 3.45. The van der Waals surface area contributed by atoms with Crippen LogP contribution in [0.25, 0.3) is 0 Å². The SMILES string of the molecule is Cc1ccccc1CNC(=O)CNc1ccc(NC(=O)C2CC2)cc1. The number of benzene rings is 2. The van der Waals surface area contributed by atoms with Gasteiger partial charge in [0, 0.05) is 23.8 Å². The second kappa shape index (κ2) is 7.83. The summed E-state index contributed by atoms with van der Waals surface area (Å²) in [7, 11) is 0. The number of rotatable bonds is 7. The Bertz CT molecular complexity index is 752. The number of amides is 2. The average molecular weight is 337 g/mol. The van der Waals surface area contributed by atoms with Gasteiger partial charge in [-0.3, -0.25) is 9.59 Å². The second-order valence-corrected chi connectivity index (χ2v) is 6.40. The molecular weight excluding hydrogens is 314 g/mol. The van der Waals surface area contributed by atoms with Crippen molar-refractivity contribution in [3.8, 4) is 0 Å². The molecule has 0 radical (unpaired) electrons. The van der Waals surface area contributed by atoms with Gasteiger partial charge < -0.3 is 16.0 Å². The molecule has 1 saturated carbocycles. The Morgan fingerprint density at radius 3 is 2.36 bits per heavy atom. The van der Waals surface area contributed by atoms with Crippen LogP contribution in [0.3, 0.4) is 0 Å². The van der Waals surface area contributed by atoms with Crippen molar-refractivity contribution < 1.29 is 9.59 Å². The van der Waals surface area contributed by atoms with E-state index in [0.717, 1.165) is 29.8 Å². The maximum atomic E-state index is 12.0. The molecule has 5 nitrogen and oxygen atoms in total. The molecule has 130 valence electrons. The fourth-order valence-corrected chi connectivity index (χ4v) is 2.51. The van der Waals surface area contributed by atoms with Gasteiger partial charge in [-0.1, -0.05) is 24.3 Å². The van der Waals surface area contributed by atoms with E-state index in [0.29, 0.717) is 6.54 Å². The third-order valence-electron chi connectivity index (χ3n) is 4.29. The summed E-state index contributed by atoms with van der Waals surface area (Å²) in [5, 5.41) is 8.89. The molecule has 5 heteroatoms. The molecule has 2 aromatic rings. The first kappa shape index (κ1) is 17.0. The van der Waals surface area contributed by atoms with E-state index in [2.05, 4.69) is 16.0 Å². The van der Waals surface area contributed by atoms with E-state index >= 15 is 0 Å². The highest BCUT2D eigenvalue weighted by atomic mass is 16.2. The number of aryl methyl sites for hydroxylation is 1. The summed E-state index contributed by atoms with van der Waals surface area (Å²) in [4.78, 5) is 23.7. The molecule has 0 spiro atoms. The van der Waals surface area contributed by atoms with Gasteiger partial charge in [0.2, 0.25) is 11.8 Å². The Morgan fingerprint density at radius 2 is 1.68 bits per heavy atom. The first-order valence-electron chi connectivity index (χ1n) is 8.58. The summed E-state index contributed by atoms with van der Waals surface area (Å²) in [5.41, 5.74) is 3.91. The molecule has 3 N–H and O–H groups in total. The Kier molecular flexibility index (Phi) is 5.33. The molecule has 0 aromatic heterocycles. The van der Waals surface area contributed by atoms with Crippen LogP contribution >= 0.6 is 0 Å². The molecule has 1 aliphatic rings. The number of carbonyl (C=O) groups is 2. The van der Waals surface area contributed by atoms with Crippen LogP contribution < -0.4 is 16.0 Å². The minimum atomic E-state index is -0.0608. The minimum absolute atomic E-state index is 0.0608. The van der Waals surface area contributed by atoms with Crippen molar-refractivity contribution in [2.45, 2.75) is 26.3 Å². The first-order valence-corrected chi connectivity index (χ1v) is 8.58. The number of hydrogen-bond donors (Lipinski definition) is 3. The monoisotopic (exact) mass is 337 g/mol. The summed E-state index contributed by atoms with van der Waals surface area (Å²) in [5.74, 6) is 0.223. The van der Waals surface area contributed by atoms with Crippen LogP contribution in [0.2, 0.25) is 0 Å². The number of nitrogens with one attached hydrogen (secondary N) is 3. The molecule has 0 atom stereocenters. The van der Waals surface area contributed by atoms with Crippen molar-refractivity contribution in [2.24, 2.45) is 5.92 Å². The van der Waals surface area contributed by atoms with Gasteiger partial charge in [0.1, 0.15) is 0 Å². The molecule has 1 fully saturated rings.